The summed E-state index contributed by atoms with van der Waals surface area (Å²) in [4.78, 5) is 7.42. The van der Waals surface area contributed by atoms with Crippen LogP contribution >= 0.6 is 23.1 Å². The van der Waals surface area contributed by atoms with Crippen molar-refractivity contribution in [2.75, 3.05) is 12.4 Å². The van der Waals surface area contributed by atoms with Crippen molar-refractivity contribution >= 4 is 34.5 Å². The summed E-state index contributed by atoms with van der Waals surface area (Å²) >= 11 is 3.55. The fourth-order valence-corrected chi connectivity index (χ4v) is 5.18. The van der Waals surface area contributed by atoms with Crippen molar-refractivity contribution in [1.82, 2.24) is 10.3 Å². The van der Waals surface area contributed by atoms with Gasteiger partial charge in [-0.05, 0) is 37.2 Å². The topological polar surface area (TPSA) is 37.0 Å². The van der Waals surface area contributed by atoms with Gasteiger partial charge in [0.2, 0.25) is 0 Å². The van der Waals surface area contributed by atoms with E-state index in [1.54, 1.807) is 11.3 Å². The van der Waals surface area contributed by atoms with Gasteiger partial charge in [-0.3, -0.25) is 0 Å². The maximum absolute atomic E-state index is 4.89. The van der Waals surface area contributed by atoms with Crippen LogP contribution in [0, 0.1) is 5.92 Å². The van der Waals surface area contributed by atoms with Crippen molar-refractivity contribution in [3.05, 3.63) is 52.9 Å². The van der Waals surface area contributed by atoms with Crippen LogP contribution in [0.25, 0.3) is 11.3 Å². The summed E-state index contributed by atoms with van der Waals surface area (Å²) in [6.45, 7) is 4.44. The molecule has 128 valence electrons. The lowest BCUT2D eigenvalue weighted by Crippen LogP contribution is -2.21. The van der Waals surface area contributed by atoms with E-state index in [0.717, 1.165) is 22.0 Å². The minimum Gasteiger partial charge on any atom is -0.354 e. The van der Waals surface area contributed by atoms with Crippen LogP contribution < -0.4 is 10.6 Å². The molecule has 5 heteroatoms. The number of hydrogen-bond acceptors (Lipinski definition) is 5. The van der Waals surface area contributed by atoms with E-state index in [1.807, 2.05) is 18.8 Å². The van der Waals surface area contributed by atoms with Gasteiger partial charge in [-0.2, -0.15) is 0 Å². The zero-order valence-electron chi connectivity index (χ0n) is 14.5. The molecule has 3 nitrogen and oxygen atoms in total. The number of aromatic nitrogens is 1. The third-order valence-electron chi connectivity index (χ3n) is 4.42. The summed E-state index contributed by atoms with van der Waals surface area (Å²) in [5.74, 6) is 0.516. The Balaban J connectivity index is 1.64. The Kier molecular flexibility index (Phi) is 4.54. The molecule has 4 rings (SSSR count). The monoisotopic (exact) mass is 367 g/mol. The molecule has 0 radical (unpaired) electrons. The fourth-order valence-electron chi connectivity index (χ4n) is 3.10. The van der Waals surface area contributed by atoms with Crippen LogP contribution in [0.5, 0.6) is 0 Å². The van der Waals surface area contributed by atoms with Gasteiger partial charge in [-0.25, -0.2) is 4.98 Å². The average Bonchev–Trinajstić information content (AvgIpc) is 3.09. The zero-order chi connectivity index (χ0) is 17.4. The summed E-state index contributed by atoms with van der Waals surface area (Å²) in [5.41, 5.74) is 4.54. The molecule has 2 heterocycles. The molecule has 3 aromatic rings. The first-order chi connectivity index (χ1) is 12.2. The minimum atomic E-state index is 0.303. The van der Waals surface area contributed by atoms with Crippen molar-refractivity contribution in [3.63, 3.8) is 0 Å². The molecular weight excluding hydrogens is 346 g/mol. The van der Waals surface area contributed by atoms with Crippen molar-refractivity contribution in [2.24, 2.45) is 5.92 Å². The second-order valence-electron chi connectivity index (χ2n) is 6.52. The Bertz CT molecular complexity index is 901. The highest BCUT2D eigenvalue weighted by molar-refractivity contribution is 7.99. The molecule has 1 aliphatic rings. The average molecular weight is 368 g/mol. The van der Waals surface area contributed by atoms with Gasteiger partial charge >= 0.3 is 0 Å². The molecule has 0 spiro atoms. The molecule has 1 aliphatic heterocycles. The Morgan fingerprint density at radius 3 is 2.64 bits per heavy atom. The van der Waals surface area contributed by atoms with Crippen molar-refractivity contribution < 1.29 is 0 Å². The van der Waals surface area contributed by atoms with E-state index in [-0.39, 0.29) is 0 Å². The molecule has 2 N–H and O–H groups in total. The summed E-state index contributed by atoms with van der Waals surface area (Å²) < 4.78 is 0. The largest absolute Gasteiger partial charge is 0.354 e. The van der Waals surface area contributed by atoms with Gasteiger partial charge in [0.25, 0.3) is 0 Å². The molecule has 0 aliphatic carbocycles. The van der Waals surface area contributed by atoms with Crippen LogP contribution in [0.1, 0.15) is 24.9 Å². The van der Waals surface area contributed by atoms with E-state index >= 15 is 0 Å². The molecular formula is C20H21N3S2. The Labute approximate surface area is 156 Å². The number of para-hydroxylation sites is 1. The number of nitrogens with zero attached hydrogens (tertiary/aromatic N) is 1. The third kappa shape index (κ3) is 3.19. The van der Waals surface area contributed by atoms with E-state index in [0.29, 0.717) is 12.0 Å². The van der Waals surface area contributed by atoms with Gasteiger partial charge in [0.05, 0.1) is 23.1 Å². The lowest BCUT2D eigenvalue weighted by Gasteiger charge is -2.21. The van der Waals surface area contributed by atoms with Crippen molar-refractivity contribution in [3.8, 4) is 11.3 Å². The van der Waals surface area contributed by atoms with Crippen LogP contribution in [-0.2, 0) is 0 Å². The Morgan fingerprint density at radius 2 is 1.84 bits per heavy atom. The summed E-state index contributed by atoms with van der Waals surface area (Å²) in [6.07, 6.45) is 0. The minimum absolute atomic E-state index is 0.303. The number of hydrogen-bond donors (Lipinski definition) is 2. The standard InChI is InChI=1S/C20H21N3S2/c1-12(2)19(21-3)20-23-16(11-24-20)13-8-9-18-15(10-13)22-14-6-4-5-7-17(14)25-18/h4-12,19,21-22H,1-3H3. The Hall–Kier alpha value is -1.82. The van der Waals surface area contributed by atoms with E-state index < -0.39 is 0 Å². The second kappa shape index (κ2) is 6.83. The lowest BCUT2D eigenvalue weighted by atomic mass is 10.1. The lowest BCUT2D eigenvalue weighted by molar-refractivity contribution is 0.441. The number of rotatable bonds is 4. The number of thiazole rings is 1. The van der Waals surface area contributed by atoms with Crippen molar-refractivity contribution in [1.29, 1.82) is 0 Å². The van der Waals surface area contributed by atoms with Crippen LogP contribution in [-0.4, -0.2) is 12.0 Å². The van der Waals surface area contributed by atoms with Gasteiger partial charge < -0.3 is 10.6 Å². The summed E-state index contributed by atoms with van der Waals surface area (Å²) in [6, 6.07) is 15.3. The van der Waals surface area contributed by atoms with E-state index in [2.05, 4.69) is 72.3 Å². The van der Waals surface area contributed by atoms with Gasteiger partial charge in [0, 0.05) is 20.7 Å². The molecule has 1 unspecified atom stereocenters. The molecule has 1 atom stereocenters. The second-order valence-corrected chi connectivity index (χ2v) is 8.49. The molecule has 0 bridgehead atoms. The quantitative estimate of drug-likeness (QED) is 0.468. The smallest absolute Gasteiger partial charge is 0.111 e. The maximum atomic E-state index is 4.89. The van der Waals surface area contributed by atoms with Crippen LogP contribution in [0.3, 0.4) is 0 Å². The third-order valence-corrected chi connectivity index (χ3v) is 6.50. The van der Waals surface area contributed by atoms with Gasteiger partial charge in [0.15, 0.2) is 0 Å². The molecule has 0 fully saturated rings. The van der Waals surface area contributed by atoms with E-state index in [4.69, 9.17) is 4.98 Å². The predicted octanol–water partition coefficient (Wildman–Crippen LogP) is 5.93. The normalized spacial score (nSPS) is 13.9. The number of nitrogens with one attached hydrogen (secondary N) is 2. The summed E-state index contributed by atoms with van der Waals surface area (Å²) in [5, 5.41) is 10.2. The van der Waals surface area contributed by atoms with Gasteiger partial charge in [-0.1, -0.05) is 43.8 Å². The van der Waals surface area contributed by atoms with Crippen LogP contribution in [0.2, 0.25) is 0 Å². The number of anilines is 2. The predicted molar refractivity (Wildman–Crippen MR) is 108 cm³/mol. The molecule has 0 amide bonds. The first-order valence-corrected chi connectivity index (χ1v) is 10.2. The maximum Gasteiger partial charge on any atom is 0.111 e. The molecule has 1 aromatic heterocycles. The Morgan fingerprint density at radius 1 is 1.04 bits per heavy atom. The highest BCUT2D eigenvalue weighted by Crippen LogP contribution is 2.45. The fraction of sp³-hybridized carbons (Fsp3) is 0.250. The van der Waals surface area contributed by atoms with E-state index in [1.165, 1.54) is 15.5 Å². The number of benzene rings is 2. The molecule has 2 aromatic carbocycles. The summed E-state index contributed by atoms with van der Waals surface area (Å²) in [7, 11) is 2.00. The first-order valence-electron chi connectivity index (χ1n) is 8.46. The van der Waals surface area contributed by atoms with E-state index in [9.17, 15) is 0 Å². The highest BCUT2D eigenvalue weighted by atomic mass is 32.2. The zero-order valence-corrected chi connectivity index (χ0v) is 16.2. The molecule has 25 heavy (non-hydrogen) atoms. The van der Waals surface area contributed by atoms with Crippen LogP contribution in [0.4, 0.5) is 11.4 Å². The number of fused-ring (bicyclic) bond motifs is 2. The first kappa shape index (κ1) is 16.6. The molecule has 0 saturated carbocycles. The van der Waals surface area contributed by atoms with Gasteiger partial charge in [0.1, 0.15) is 5.01 Å². The van der Waals surface area contributed by atoms with Crippen LogP contribution in [0.15, 0.2) is 57.6 Å². The van der Waals surface area contributed by atoms with Gasteiger partial charge in [-0.15, -0.1) is 11.3 Å². The molecule has 0 saturated heterocycles. The van der Waals surface area contributed by atoms with Crippen molar-refractivity contribution in [2.45, 2.75) is 29.7 Å². The highest BCUT2D eigenvalue weighted by Gasteiger charge is 2.19. The SMILES string of the molecule is CNC(c1nc(-c2ccc3c(c2)Nc2ccccc2S3)cs1)C(C)C.